The van der Waals surface area contributed by atoms with Crippen molar-refractivity contribution in [3.05, 3.63) is 29.8 Å². The fourth-order valence-corrected chi connectivity index (χ4v) is 2.70. The minimum atomic E-state index is -0.370. The second kappa shape index (κ2) is 7.44. The molecule has 1 fully saturated rings. The summed E-state index contributed by atoms with van der Waals surface area (Å²) in [5, 5.41) is 0. The lowest BCUT2D eigenvalue weighted by Crippen LogP contribution is -2.24. The molecule has 1 aliphatic carbocycles. The number of hydrogen-bond donors (Lipinski definition) is 0. The molecule has 1 unspecified atom stereocenters. The van der Waals surface area contributed by atoms with E-state index in [4.69, 9.17) is 9.47 Å². The molecular weight excluding hydrogens is 252 g/mol. The van der Waals surface area contributed by atoms with E-state index >= 15 is 0 Å². The van der Waals surface area contributed by atoms with Crippen molar-refractivity contribution in [3.63, 3.8) is 0 Å². The molecule has 1 atom stereocenters. The fourth-order valence-electron chi connectivity index (χ4n) is 2.70. The van der Waals surface area contributed by atoms with Gasteiger partial charge in [-0.05, 0) is 49.9 Å². The number of ketones is 1. The van der Waals surface area contributed by atoms with Crippen LogP contribution < -0.4 is 4.74 Å². The number of carbonyl (C=O) groups excluding carboxylic acids is 1. The molecule has 1 aromatic carbocycles. The zero-order chi connectivity index (χ0) is 14.4. The quantitative estimate of drug-likeness (QED) is 0.740. The molecule has 1 aliphatic rings. The van der Waals surface area contributed by atoms with Gasteiger partial charge in [0.15, 0.2) is 5.78 Å². The van der Waals surface area contributed by atoms with Crippen LogP contribution >= 0.6 is 0 Å². The highest BCUT2D eigenvalue weighted by Crippen LogP contribution is 2.24. The zero-order valence-corrected chi connectivity index (χ0v) is 12.4. The van der Waals surface area contributed by atoms with Crippen LogP contribution in [0.3, 0.4) is 0 Å². The summed E-state index contributed by atoms with van der Waals surface area (Å²) >= 11 is 0. The van der Waals surface area contributed by atoms with Crippen molar-refractivity contribution in [2.45, 2.75) is 45.1 Å². The highest BCUT2D eigenvalue weighted by molar-refractivity contribution is 5.99. The van der Waals surface area contributed by atoms with Crippen molar-refractivity contribution in [2.24, 2.45) is 5.92 Å². The average molecular weight is 276 g/mol. The second-order valence-corrected chi connectivity index (χ2v) is 5.57. The first-order valence-electron chi connectivity index (χ1n) is 7.50. The van der Waals surface area contributed by atoms with Gasteiger partial charge in [0.1, 0.15) is 11.9 Å². The predicted octanol–water partition coefficient (Wildman–Crippen LogP) is 3.86. The van der Waals surface area contributed by atoms with E-state index in [-0.39, 0.29) is 11.9 Å². The van der Waals surface area contributed by atoms with E-state index in [0.29, 0.717) is 18.1 Å². The number of rotatable bonds is 6. The number of carbonyl (C=O) groups is 1. The third-order valence-electron chi connectivity index (χ3n) is 4.05. The molecular formula is C17H24O3. The number of ether oxygens (including phenoxy) is 2. The molecule has 3 heteroatoms. The third kappa shape index (κ3) is 4.07. The Kier molecular flexibility index (Phi) is 5.60. The molecule has 0 aromatic heterocycles. The Bertz CT molecular complexity index is 418. The Morgan fingerprint density at radius 2 is 1.85 bits per heavy atom. The highest BCUT2D eigenvalue weighted by atomic mass is 16.5. The van der Waals surface area contributed by atoms with Gasteiger partial charge in [-0.3, -0.25) is 4.79 Å². The van der Waals surface area contributed by atoms with Gasteiger partial charge in [0, 0.05) is 5.56 Å². The molecule has 1 aromatic rings. The van der Waals surface area contributed by atoms with E-state index in [0.717, 1.165) is 5.75 Å². The first-order chi connectivity index (χ1) is 9.70. The van der Waals surface area contributed by atoms with Gasteiger partial charge in [-0.2, -0.15) is 0 Å². The van der Waals surface area contributed by atoms with Crippen LogP contribution in [-0.2, 0) is 4.74 Å². The van der Waals surface area contributed by atoms with E-state index in [1.165, 1.54) is 32.1 Å². The van der Waals surface area contributed by atoms with E-state index in [1.807, 2.05) is 6.92 Å². The lowest BCUT2D eigenvalue weighted by molar-refractivity contribution is 0.0286. The van der Waals surface area contributed by atoms with Crippen molar-refractivity contribution < 1.29 is 14.3 Å². The Balaban J connectivity index is 1.83. The molecule has 0 aliphatic heterocycles. The summed E-state index contributed by atoms with van der Waals surface area (Å²) < 4.78 is 10.9. The topological polar surface area (TPSA) is 35.5 Å². The number of methoxy groups -OCH3 is 1. The van der Waals surface area contributed by atoms with Gasteiger partial charge in [0.25, 0.3) is 0 Å². The molecule has 0 radical (unpaired) electrons. The van der Waals surface area contributed by atoms with E-state index in [2.05, 4.69) is 0 Å². The van der Waals surface area contributed by atoms with E-state index in [9.17, 15) is 4.79 Å². The fraction of sp³-hybridized carbons (Fsp3) is 0.588. The molecule has 20 heavy (non-hydrogen) atoms. The zero-order valence-electron chi connectivity index (χ0n) is 12.4. The van der Waals surface area contributed by atoms with Crippen molar-refractivity contribution >= 4 is 5.78 Å². The van der Waals surface area contributed by atoms with Gasteiger partial charge in [-0.15, -0.1) is 0 Å². The average Bonchev–Trinajstić information content (AvgIpc) is 2.53. The van der Waals surface area contributed by atoms with Gasteiger partial charge in [-0.1, -0.05) is 19.3 Å². The van der Waals surface area contributed by atoms with Crippen molar-refractivity contribution in [1.29, 1.82) is 0 Å². The summed E-state index contributed by atoms with van der Waals surface area (Å²) in [6.45, 7) is 2.55. The molecule has 1 saturated carbocycles. The van der Waals surface area contributed by atoms with Crippen LogP contribution in [0.4, 0.5) is 0 Å². The maximum atomic E-state index is 12.3. The molecule has 110 valence electrons. The van der Waals surface area contributed by atoms with Gasteiger partial charge < -0.3 is 9.47 Å². The lowest BCUT2D eigenvalue weighted by Gasteiger charge is -2.23. The third-order valence-corrected chi connectivity index (χ3v) is 4.05. The van der Waals surface area contributed by atoms with Gasteiger partial charge in [0.05, 0.1) is 13.7 Å². The van der Waals surface area contributed by atoms with Crippen LogP contribution in [0.15, 0.2) is 24.3 Å². The maximum Gasteiger partial charge on any atom is 0.191 e. The van der Waals surface area contributed by atoms with Crippen LogP contribution in [0.1, 0.15) is 49.4 Å². The van der Waals surface area contributed by atoms with Crippen molar-refractivity contribution in [2.75, 3.05) is 13.7 Å². The van der Waals surface area contributed by atoms with Gasteiger partial charge >= 0.3 is 0 Å². The Morgan fingerprint density at radius 1 is 1.20 bits per heavy atom. The molecule has 2 rings (SSSR count). The SMILES string of the molecule is COc1ccc(C(=O)C(C)OCC2CCCCC2)cc1. The van der Waals surface area contributed by atoms with Gasteiger partial charge in [-0.25, -0.2) is 0 Å². The summed E-state index contributed by atoms with van der Waals surface area (Å²) in [7, 11) is 1.62. The largest absolute Gasteiger partial charge is 0.497 e. The summed E-state index contributed by atoms with van der Waals surface area (Å²) in [6, 6.07) is 7.20. The predicted molar refractivity (Wildman–Crippen MR) is 79.3 cm³/mol. The molecule has 0 spiro atoms. The molecule has 0 N–H and O–H groups in total. The standard InChI is InChI=1S/C17H24O3/c1-13(20-12-14-6-4-3-5-7-14)17(18)15-8-10-16(19-2)11-9-15/h8-11,13-14H,3-7,12H2,1-2H3. The smallest absolute Gasteiger partial charge is 0.191 e. The highest BCUT2D eigenvalue weighted by Gasteiger charge is 2.19. The lowest BCUT2D eigenvalue weighted by atomic mass is 9.90. The van der Waals surface area contributed by atoms with Crippen LogP contribution in [0.2, 0.25) is 0 Å². The molecule has 0 amide bonds. The Labute approximate surface area is 121 Å². The number of benzene rings is 1. The van der Waals surface area contributed by atoms with Crippen molar-refractivity contribution in [3.8, 4) is 5.75 Å². The van der Waals surface area contributed by atoms with Crippen molar-refractivity contribution in [1.82, 2.24) is 0 Å². The van der Waals surface area contributed by atoms with Crippen LogP contribution in [-0.4, -0.2) is 25.6 Å². The normalized spacial score (nSPS) is 17.7. The monoisotopic (exact) mass is 276 g/mol. The number of Topliss-reactive ketones (excluding diaryl/α,β-unsaturated/α-hetero) is 1. The maximum absolute atomic E-state index is 12.3. The minimum absolute atomic E-state index is 0.0449. The number of hydrogen-bond acceptors (Lipinski definition) is 3. The minimum Gasteiger partial charge on any atom is -0.497 e. The van der Waals surface area contributed by atoms with Crippen LogP contribution in [0.25, 0.3) is 0 Å². The van der Waals surface area contributed by atoms with E-state index < -0.39 is 0 Å². The second-order valence-electron chi connectivity index (χ2n) is 5.57. The summed E-state index contributed by atoms with van der Waals surface area (Å²) in [6.07, 6.45) is 6.05. The van der Waals surface area contributed by atoms with Gasteiger partial charge in [0.2, 0.25) is 0 Å². The molecule has 3 nitrogen and oxygen atoms in total. The first kappa shape index (κ1) is 15.0. The molecule has 0 saturated heterocycles. The van der Waals surface area contributed by atoms with Crippen LogP contribution in [0, 0.1) is 5.92 Å². The summed E-state index contributed by atoms with van der Waals surface area (Å²) in [5.74, 6) is 1.44. The molecule has 0 heterocycles. The van der Waals surface area contributed by atoms with E-state index in [1.54, 1.807) is 31.4 Å². The Morgan fingerprint density at radius 3 is 2.45 bits per heavy atom. The summed E-state index contributed by atoms with van der Waals surface area (Å²) in [5.41, 5.74) is 0.682. The first-order valence-corrected chi connectivity index (χ1v) is 7.50. The van der Waals surface area contributed by atoms with Crippen LogP contribution in [0.5, 0.6) is 5.75 Å². The summed E-state index contributed by atoms with van der Waals surface area (Å²) in [4.78, 5) is 12.3. The molecule has 0 bridgehead atoms. The Hall–Kier alpha value is -1.35.